The van der Waals surface area contributed by atoms with Crippen LogP contribution in [0.5, 0.6) is 17.2 Å². The SMILES string of the molecule is COc1ccc(CNC(C)c2cc(F)ccc2OC)cc1OCc1cccnc1. The fourth-order valence-corrected chi connectivity index (χ4v) is 3.01. The summed E-state index contributed by atoms with van der Waals surface area (Å²) >= 11 is 0. The van der Waals surface area contributed by atoms with Gasteiger partial charge in [0.1, 0.15) is 18.2 Å². The molecular formula is C23H25FN2O3. The summed E-state index contributed by atoms with van der Waals surface area (Å²) in [5.74, 6) is 1.69. The number of halogens is 1. The molecule has 3 aromatic rings. The Kier molecular flexibility index (Phi) is 7.03. The van der Waals surface area contributed by atoms with Crippen molar-refractivity contribution in [1.29, 1.82) is 0 Å². The number of methoxy groups -OCH3 is 2. The highest BCUT2D eigenvalue weighted by Crippen LogP contribution is 2.30. The van der Waals surface area contributed by atoms with Gasteiger partial charge in [-0.1, -0.05) is 12.1 Å². The van der Waals surface area contributed by atoms with Crippen LogP contribution in [0.3, 0.4) is 0 Å². The van der Waals surface area contributed by atoms with Gasteiger partial charge in [-0.3, -0.25) is 4.98 Å². The normalized spacial score (nSPS) is 11.7. The third-order valence-electron chi connectivity index (χ3n) is 4.62. The Morgan fingerprint density at radius 1 is 0.966 bits per heavy atom. The summed E-state index contributed by atoms with van der Waals surface area (Å²) < 4.78 is 30.3. The highest BCUT2D eigenvalue weighted by atomic mass is 19.1. The van der Waals surface area contributed by atoms with Gasteiger partial charge in [0, 0.05) is 36.1 Å². The van der Waals surface area contributed by atoms with Crippen LogP contribution in [0.25, 0.3) is 0 Å². The average molecular weight is 396 g/mol. The third kappa shape index (κ3) is 5.45. The standard InChI is InChI=1S/C23H25FN2O3/c1-16(20-12-19(24)7-9-21(20)27-2)26-14-17-6-8-22(28-3)23(11-17)29-15-18-5-4-10-25-13-18/h4-13,16,26H,14-15H2,1-3H3. The lowest BCUT2D eigenvalue weighted by Gasteiger charge is -2.18. The molecule has 1 aromatic heterocycles. The van der Waals surface area contributed by atoms with E-state index in [0.29, 0.717) is 30.4 Å². The van der Waals surface area contributed by atoms with Crippen molar-refractivity contribution in [3.63, 3.8) is 0 Å². The second-order valence-corrected chi connectivity index (χ2v) is 6.62. The van der Waals surface area contributed by atoms with Gasteiger partial charge in [0.05, 0.1) is 14.2 Å². The van der Waals surface area contributed by atoms with Crippen LogP contribution in [0.1, 0.15) is 29.7 Å². The zero-order chi connectivity index (χ0) is 20.6. The summed E-state index contributed by atoms with van der Waals surface area (Å²) in [5.41, 5.74) is 2.77. The molecule has 6 heteroatoms. The molecule has 0 saturated carbocycles. The molecular weight excluding hydrogens is 371 g/mol. The number of rotatable bonds is 9. The summed E-state index contributed by atoms with van der Waals surface area (Å²) in [4.78, 5) is 4.10. The van der Waals surface area contributed by atoms with Crippen LogP contribution in [-0.2, 0) is 13.2 Å². The summed E-state index contributed by atoms with van der Waals surface area (Å²) in [5, 5.41) is 3.40. The van der Waals surface area contributed by atoms with Crippen molar-refractivity contribution in [1.82, 2.24) is 10.3 Å². The van der Waals surface area contributed by atoms with Gasteiger partial charge in [-0.15, -0.1) is 0 Å². The maximum absolute atomic E-state index is 13.6. The molecule has 152 valence electrons. The van der Waals surface area contributed by atoms with Gasteiger partial charge in [0.2, 0.25) is 0 Å². The molecule has 2 aromatic carbocycles. The number of aromatic nitrogens is 1. The molecule has 1 atom stereocenters. The van der Waals surface area contributed by atoms with E-state index in [4.69, 9.17) is 14.2 Å². The molecule has 0 aliphatic heterocycles. The summed E-state index contributed by atoms with van der Waals surface area (Å²) in [6, 6.07) is 14.1. The monoisotopic (exact) mass is 396 g/mol. The van der Waals surface area contributed by atoms with Crippen LogP contribution < -0.4 is 19.5 Å². The Hall–Kier alpha value is -3.12. The van der Waals surface area contributed by atoms with Crippen LogP contribution in [0.2, 0.25) is 0 Å². The Balaban J connectivity index is 1.68. The Morgan fingerprint density at radius 3 is 2.48 bits per heavy atom. The fraction of sp³-hybridized carbons (Fsp3) is 0.261. The minimum absolute atomic E-state index is 0.0949. The molecule has 5 nitrogen and oxygen atoms in total. The second-order valence-electron chi connectivity index (χ2n) is 6.62. The fourth-order valence-electron chi connectivity index (χ4n) is 3.01. The molecule has 1 unspecified atom stereocenters. The molecule has 0 saturated heterocycles. The molecule has 3 rings (SSSR count). The first-order valence-electron chi connectivity index (χ1n) is 9.36. The first-order chi connectivity index (χ1) is 14.1. The molecule has 1 N–H and O–H groups in total. The molecule has 0 bridgehead atoms. The van der Waals surface area contributed by atoms with Crippen molar-refractivity contribution in [2.24, 2.45) is 0 Å². The van der Waals surface area contributed by atoms with Crippen molar-refractivity contribution in [3.8, 4) is 17.2 Å². The van der Waals surface area contributed by atoms with E-state index in [1.807, 2.05) is 37.3 Å². The predicted octanol–water partition coefficient (Wildman–Crippen LogP) is 4.67. The van der Waals surface area contributed by atoms with Crippen LogP contribution >= 0.6 is 0 Å². The second kappa shape index (κ2) is 9.89. The van der Waals surface area contributed by atoms with E-state index in [9.17, 15) is 4.39 Å². The first kappa shape index (κ1) is 20.6. The van der Waals surface area contributed by atoms with Crippen LogP contribution in [-0.4, -0.2) is 19.2 Å². The lowest BCUT2D eigenvalue weighted by atomic mass is 10.1. The maximum atomic E-state index is 13.6. The number of ether oxygens (including phenoxy) is 3. The zero-order valence-corrected chi connectivity index (χ0v) is 16.8. The van der Waals surface area contributed by atoms with Crippen molar-refractivity contribution >= 4 is 0 Å². The number of pyridine rings is 1. The molecule has 0 fully saturated rings. The van der Waals surface area contributed by atoms with Crippen LogP contribution in [0.15, 0.2) is 60.9 Å². The van der Waals surface area contributed by atoms with E-state index in [1.54, 1.807) is 32.7 Å². The lowest BCUT2D eigenvalue weighted by Crippen LogP contribution is -2.19. The largest absolute Gasteiger partial charge is 0.496 e. The lowest BCUT2D eigenvalue weighted by molar-refractivity contribution is 0.283. The predicted molar refractivity (Wildman–Crippen MR) is 110 cm³/mol. The minimum Gasteiger partial charge on any atom is -0.496 e. The highest BCUT2D eigenvalue weighted by Gasteiger charge is 2.13. The Labute approximate surface area is 170 Å². The molecule has 0 amide bonds. The van der Waals surface area contributed by atoms with Crippen molar-refractivity contribution < 1.29 is 18.6 Å². The number of nitrogens with one attached hydrogen (secondary N) is 1. The summed E-state index contributed by atoms with van der Waals surface area (Å²) in [7, 11) is 3.20. The molecule has 29 heavy (non-hydrogen) atoms. The van der Waals surface area contributed by atoms with E-state index < -0.39 is 0 Å². The van der Waals surface area contributed by atoms with Gasteiger partial charge < -0.3 is 19.5 Å². The minimum atomic E-state index is -0.287. The smallest absolute Gasteiger partial charge is 0.161 e. The Bertz CT molecular complexity index is 935. The van der Waals surface area contributed by atoms with E-state index in [0.717, 1.165) is 16.7 Å². The average Bonchev–Trinajstić information content (AvgIpc) is 2.76. The third-order valence-corrected chi connectivity index (χ3v) is 4.62. The highest BCUT2D eigenvalue weighted by molar-refractivity contribution is 5.43. The molecule has 1 heterocycles. The summed E-state index contributed by atoms with van der Waals surface area (Å²) in [6.45, 7) is 2.95. The van der Waals surface area contributed by atoms with Crippen LogP contribution in [0, 0.1) is 5.82 Å². The number of benzene rings is 2. The van der Waals surface area contributed by atoms with Gasteiger partial charge in [-0.2, -0.15) is 0 Å². The van der Waals surface area contributed by atoms with Crippen molar-refractivity contribution in [3.05, 3.63) is 83.4 Å². The van der Waals surface area contributed by atoms with E-state index >= 15 is 0 Å². The molecule has 0 aliphatic carbocycles. The summed E-state index contributed by atoms with van der Waals surface area (Å²) in [6.07, 6.45) is 3.50. The topological polar surface area (TPSA) is 52.6 Å². The number of nitrogens with zero attached hydrogens (tertiary/aromatic N) is 1. The Morgan fingerprint density at radius 2 is 1.76 bits per heavy atom. The number of hydrogen-bond acceptors (Lipinski definition) is 5. The molecule has 0 radical (unpaired) electrons. The number of hydrogen-bond donors (Lipinski definition) is 1. The van der Waals surface area contributed by atoms with E-state index in [-0.39, 0.29) is 11.9 Å². The quantitative estimate of drug-likeness (QED) is 0.570. The van der Waals surface area contributed by atoms with Gasteiger partial charge in [-0.05, 0) is 48.9 Å². The maximum Gasteiger partial charge on any atom is 0.161 e. The van der Waals surface area contributed by atoms with Gasteiger partial charge in [0.15, 0.2) is 11.5 Å². The van der Waals surface area contributed by atoms with Gasteiger partial charge >= 0.3 is 0 Å². The van der Waals surface area contributed by atoms with Crippen LogP contribution in [0.4, 0.5) is 4.39 Å². The zero-order valence-electron chi connectivity index (χ0n) is 16.8. The first-order valence-corrected chi connectivity index (χ1v) is 9.36. The molecule has 0 spiro atoms. The van der Waals surface area contributed by atoms with E-state index in [1.165, 1.54) is 12.1 Å². The van der Waals surface area contributed by atoms with Gasteiger partial charge in [-0.25, -0.2) is 4.39 Å². The molecule has 0 aliphatic rings. The van der Waals surface area contributed by atoms with Crippen molar-refractivity contribution in [2.45, 2.75) is 26.1 Å². The van der Waals surface area contributed by atoms with E-state index in [2.05, 4.69) is 10.3 Å². The van der Waals surface area contributed by atoms with Crippen molar-refractivity contribution in [2.75, 3.05) is 14.2 Å². The van der Waals surface area contributed by atoms with Gasteiger partial charge in [0.25, 0.3) is 0 Å².